The van der Waals surface area contributed by atoms with Crippen molar-refractivity contribution in [2.24, 2.45) is 11.8 Å². The fourth-order valence-electron chi connectivity index (χ4n) is 2.45. The topological polar surface area (TPSA) is 87.7 Å². The second-order valence-electron chi connectivity index (χ2n) is 5.14. The number of hydrogen-bond donors (Lipinski definition) is 3. The van der Waals surface area contributed by atoms with Gasteiger partial charge >= 0.3 is 12.1 Å². The summed E-state index contributed by atoms with van der Waals surface area (Å²) < 4.78 is 5.10. The van der Waals surface area contributed by atoms with Crippen LogP contribution in [0.25, 0.3) is 0 Å². The van der Waals surface area contributed by atoms with Gasteiger partial charge in [-0.15, -0.1) is 0 Å². The molecule has 1 fully saturated rings. The third kappa shape index (κ3) is 4.75. The Morgan fingerprint density at radius 1 is 1.33 bits per heavy atom. The quantitative estimate of drug-likeness (QED) is 0.759. The molecule has 0 aliphatic carbocycles. The fourth-order valence-corrected chi connectivity index (χ4v) is 2.45. The average molecular weight is 292 g/mol. The Hall–Kier alpha value is -2.08. The van der Waals surface area contributed by atoms with E-state index in [-0.39, 0.29) is 12.5 Å². The molecule has 21 heavy (non-hydrogen) atoms. The molecule has 6 nitrogen and oxygen atoms in total. The fraction of sp³-hybridized carbons (Fsp3) is 0.467. The first-order valence-corrected chi connectivity index (χ1v) is 7.05. The van der Waals surface area contributed by atoms with Gasteiger partial charge in [-0.05, 0) is 18.5 Å². The van der Waals surface area contributed by atoms with Crippen LogP contribution in [0.5, 0.6) is 0 Å². The predicted molar refractivity (Wildman–Crippen MR) is 76.7 cm³/mol. The van der Waals surface area contributed by atoms with Crippen LogP contribution in [0, 0.1) is 11.8 Å². The van der Waals surface area contributed by atoms with Crippen LogP contribution in [0.2, 0.25) is 0 Å². The number of nitrogens with one attached hydrogen (secondary N) is 2. The summed E-state index contributed by atoms with van der Waals surface area (Å²) >= 11 is 0. The number of carboxylic acid groups (broad SMARTS) is 1. The number of alkyl carbamates (subject to hydrolysis) is 1. The van der Waals surface area contributed by atoms with E-state index in [0.717, 1.165) is 5.56 Å². The summed E-state index contributed by atoms with van der Waals surface area (Å²) in [6, 6.07) is 9.40. The number of ether oxygens (including phenoxy) is 1. The number of carboxylic acids is 1. The maximum atomic E-state index is 11.6. The molecule has 114 valence electrons. The van der Waals surface area contributed by atoms with Crippen LogP contribution < -0.4 is 10.6 Å². The number of amides is 1. The van der Waals surface area contributed by atoms with Gasteiger partial charge in [0.25, 0.3) is 0 Å². The Balaban J connectivity index is 1.74. The molecule has 2 rings (SSSR count). The van der Waals surface area contributed by atoms with Crippen LogP contribution in [0.1, 0.15) is 12.0 Å². The van der Waals surface area contributed by atoms with Crippen molar-refractivity contribution in [3.05, 3.63) is 35.9 Å². The molecule has 2 atom stereocenters. The number of carbonyl (C=O) groups excluding carboxylic acids is 1. The van der Waals surface area contributed by atoms with E-state index >= 15 is 0 Å². The smallest absolute Gasteiger partial charge is 0.407 e. The summed E-state index contributed by atoms with van der Waals surface area (Å²) in [6.45, 7) is 1.80. The van der Waals surface area contributed by atoms with Gasteiger partial charge in [0.1, 0.15) is 6.61 Å². The van der Waals surface area contributed by atoms with Gasteiger partial charge in [-0.3, -0.25) is 4.79 Å². The van der Waals surface area contributed by atoms with Crippen LogP contribution >= 0.6 is 0 Å². The van der Waals surface area contributed by atoms with Crippen molar-refractivity contribution in [1.82, 2.24) is 10.6 Å². The third-order valence-electron chi connectivity index (χ3n) is 3.65. The molecule has 1 aromatic carbocycles. The highest BCUT2D eigenvalue weighted by Crippen LogP contribution is 2.18. The van der Waals surface area contributed by atoms with Crippen LogP contribution in [-0.4, -0.2) is 36.8 Å². The molecule has 6 heteroatoms. The lowest BCUT2D eigenvalue weighted by Crippen LogP contribution is -2.45. The number of hydrogen-bond acceptors (Lipinski definition) is 4. The normalized spacial score (nSPS) is 21.5. The first-order chi connectivity index (χ1) is 10.2. The number of aliphatic carboxylic acids is 1. The average Bonchev–Trinajstić information content (AvgIpc) is 2.52. The molecule has 1 heterocycles. The van der Waals surface area contributed by atoms with E-state index in [0.29, 0.717) is 26.1 Å². The largest absolute Gasteiger partial charge is 0.481 e. The summed E-state index contributed by atoms with van der Waals surface area (Å²) in [4.78, 5) is 22.8. The molecule has 1 saturated heterocycles. The Morgan fingerprint density at radius 2 is 2.10 bits per heavy atom. The molecule has 1 aromatic rings. The molecule has 0 aromatic heterocycles. The van der Waals surface area contributed by atoms with Gasteiger partial charge in [0.2, 0.25) is 0 Å². The molecule has 0 spiro atoms. The van der Waals surface area contributed by atoms with Crippen molar-refractivity contribution in [2.45, 2.75) is 13.0 Å². The summed E-state index contributed by atoms with van der Waals surface area (Å²) in [5, 5.41) is 14.9. The summed E-state index contributed by atoms with van der Waals surface area (Å²) in [6.07, 6.45) is 0.0642. The Kier molecular flexibility index (Phi) is 5.57. The molecule has 0 saturated carbocycles. The molecule has 1 aliphatic heterocycles. The first-order valence-electron chi connectivity index (χ1n) is 7.05. The molecule has 2 unspecified atom stereocenters. The van der Waals surface area contributed by atoms with E-state index in [2.05, 4.69) is 10.6 Å². The van der Waals surface area contributed by atoms with Crippen molar-refractivity contribution in [3.63, 3.8) is 0 Å². The zero-order valence-corrected chi connectivity index (χ0v) is 11.7. The number of benzene rings is 1. The maximum absolute atomic E-state index is 11.6. The van der Waals surface area contributed by atoms with Crippen molar-refractivity contribution >= 4 is 12.1 Å². The molecule has 3 N–H and O–H groups in total. The highest BCUT2D eigenvalue weighted by molar-refractivity contribution is 5.71. The summed E-state index contributed by atoms with van der Waals surface area (Å²) in [7, 11) is 0. The van der Waals surface area contributed by atoms with Gasteiger partial charge in [0, 0.05) is 19.0 Å². The molecule has 1 amide bonds. The minimum absolute atomic E-state index is 0.111. The Bertz CT molecular complexity index is 478. The third-order valence-corrected chi connectivity index (χ3v) is 3.65. The Morgan fingerprint density at radius 3 is 2.81 bits per heavy atom. The highest BCUT2D eigenvalue weighted by atomic mass is 16.5. The van der Waals surface area contributed by atoms with E-state index in [1.54, 1.807) is 0 Å². The number of carbonyl (C=O) groups is 2. The van der Waals surface area contributed by atoms with E-state index in [1.807, 2.05) is 30.3 Å². The van der Waals surface area contributed by atoms with E-state index in [9.17, 15) is 9.59 Å². The highest BCUT2D eigenvalue weighted by Gasteiger charge is 2.30. The zero-order chi connectivity index (χ0) is 15.1. The minimum Gasteiger partial charge on any atom is -0.481 e. The minimum atomic E-state index is -0.805. The van der Waals surface area contributed by atoms with E-state index in [4.69, 9.17) is 9.84 Å². The standard InChI is InChI=1S/C15H20N2O4/c18-14(19)13-6-7-16-8-12(13)9-17-15(20)21-10-11-4-2-1-3-5-11/h1-5,12-13,16H,6-10H2,(H,17,20)(H,18,19). The summed E-state index contributed by atoms with van der Waals surface area (Å²) in [5.41, 5.74) is 0.912. The lowest BCUT2D eigenvalue weighted by atomic mass is 9.86. The van der Waals surface area contributed by atoms with Gasteiger partial charge in [-0.2, -0.15) is 0 Å². The second kappa shape index (κ2) is 7.64. The monoisotopic (exact) mass is 292 g/mol. The van der Waals surface area contributed by atoms with Gasteiger partial charge < -0.3 is 20.5 Å². The van der Waals surface area contributed by atoms with Crippen LogP contribution in [0.3, 0.4) is 0 Å². The summed E-state index contributed by atoms with van der Waals surface area (Å²) in [5.74, 6) is -1.33. The van der Waals surface area contributed by atoms with E-state index in [1.165, 1.54) is 0 Å². The second-order valence-corrected chi connectivity index (χ2v) is 5.14. The van der Waals surface area contributed by atoms with Crippen molar-refractivity contribution in [2.75, 3.05) is 19.6 Å². The SMILES string of the molecule is O=C(NCC1CNCCC1C(=O)O)OCc1ccccc1. The van der Waals surface area contributed by atoms with Crippen molar-refractivity contribution < 1.29 is 19.4 Å². The van der Waals surface area contributed by atoms with Gasteiger partial charge in [-0.1, -0.05) is 30.3 Å². The van der Waals surface area contributed by atoms with Crippen LogP contribution in [-0.2, 0) is 16.1 Å². The number of rotatable bonds is 5. The molecular weight excluding hydrogens is 272 g/mol. The maximum Gasteiger partial charge on any atom is 0.407 e. The predicted octanol–water partition coefficient (Wildman–Crippen LogP) is 1.22. The van der Waals surface area contributed by atoms with Crippen LogP contribution in [0.15, 0.2) is 30.3 Å². The van der Waals surface area contributed by atoms with Gasteiger partial charge in [0.05, 0.1) is 5.92 Å². The molecular formula is C15H20N2O4. The van der Waals surface area contributed by atoms with Gasteiger partial charge in [0.15, 0.2) is 0 Å². The van der Waals surface area contributed by atoms with Crippen LogP contribution in [0.4, 0.5) is 4.79 Å². The van der Waals surface area contributed by atoms with E-state index < -0.39 is 18.0 Å². The zero-order valence-electron chi connectivity index (χ0n) is 11.7. The van der Waals surface area contributed by atoms with Crippen molar-refractivity contribution in [1.29, 1.82) is 0 Å². The van der Waals surface area contributed by atoms with Gasteiger partial charge in [-0.25, -0.2) is 4.79 Å². The lowest BCUT2D eigenvalue weighted by molar-refractivity contribution is -0.144. The lowest BCUT2D eigenvalue weighted by Gasteiger charge is -2.29. The van der Waals surface area contributed by atoms with Crippen molar-refractivity contribution in [3.8, 4) is 0 Å². The molecule has 0 radical (unpaired) electrons. The molecule has 0 bridgehead atoms. The number of piperidine rings is 1. The first kappa shape index (κ1) is 15.3. The Labute approximate surface area is 123 Å². The molecule has 1 aliphatic rings.